The minimum absolute atomic E-state index is 0.391. The maximum atomic E-state index is 5.60. The number of rotatable bonds is 3. The summed E-state index contributed by atoms with van der Waals surface area (Å²) in [5.74, 6) is 1.05. The lowest BCUT2D eigenvalue weighted by molar-refractivity contribution is 0.0388. The highest BCUT2D eigenvalue weighted by Gasteiger charge is 2.42. The number of ether oxygens (including phenoxy) is 2. The van der Waals surface area contributed by atoms with Gasteiger partial charge in [-0.3, -0.25) is 9.89 Å². The lowest BCUT2D eigenvalue weighted by Crippen LogP contribution is -2.46. The van der Waals surface area contributed by atoms with Gasteiger partial charge in [0, 0.05) is 58.3 Å². The van der Waals surface area contributed by atoms with Crippen LogP contribution in [0.3, 0.4) is 0 Å². The molecule has 3 heterocycles. The molecule has 3 aliphatic rings. The zero-order valence-electron chi connectivity index (χ0n) is 13.1. The topological polar surface area (TPSA) is 49.3 Å². The Labute approximate surface area is 127 Å². The number of likely N-dealkylation sites (tertiary alicyclic amines) is 1. The first-order valence-electron chi connectivity index (χ1n) is 8.15. The third-order valence-corrected chi connectivity index (χ3v) is 4.95. The summed E-state index contributed by atoms with van der Waals surface area (Å²) in [6.07, 6.45) is 2.44. The molecule has 0 radical (unpaired) electrons. The van der Waals surface area contributed by atoms with Crippen molar-refractivity contribution in [1.82, 2.24) is 15.1 Å². The molecular weight excluding hydrogens is 268 g/mol. The zero-order chi connectivity index (χ0) is 14.5. The normalized spacial score (nSPS) is 31.3. The maximum absolute atomic E-state index is 5.60. The summed E-state index contributed by atoms with van der Waals surface area (Å²) in [7, 11) is 1.88. The first-order valence-corrected chi connectivity index (χ1v) is 8.15. The fraction of sp³-hybridized carbons (Fsp3) is 0.933. The molecule has 0 amide bonds. The average molecular weight is 296 g/mol. The standard InChI is InChI=1S/C15H28N4O2/c1-16-14(17-4-6-18-7-10-20-11-8-18)19-5-2-15(12-19)3-9-21-13-15/h2-13H2,1H3,(H,16,17). The van der Waals surface area contributed by atoms with Crippen molar-refractivity contribution in [2.45, 2.75) is 12.8 Å². The van der Waals surface area contributed by atoms with E-state index in [1.165, 1.54) is 12.8 Å². The molecule has 1 atom stereocenters. The number of nitrogens with zero attached hydrogens (tertiary/aromatic N) is 3. The van der Waals surface area contributed by atoms with Crippen LogP contribution in [-0.4, -0.2) is 88.5 Å². The number of aliphatic imine (C=N–C) groups is 1. The second kappa shape index (κ2) is 6.94. The summed E-state index contributed by atoms with van der Waals surface area (Å²) in [6, 6.07) is 0. The molecule has 3 fully saturated rings. The predicted octanol–water partition coefficient (Wildman–Crippen LogP) is 0.00640. The quantitative estimate of drug-likeness (QED) is 0.587. The summed E-state index contributed by atoms with van der Waals surface area (Å²) < 4.78 is 11.0. The summed E-state index contributed by atoms with van der Waals surface area (Å²) in [5.41, 5.74) is 0.391. The Morgan fingerprint density at radius 2 is 2.00 bits per heavy atom. The third-order valence-electron chi connectivity index (χ3n) is 4.95. The van der Waals surface area contributed by atoms with E-state index in [4.69, 9.17) is 9.47 Å². The van der Waals surface area contributed by atoms with Crippen molar-refractivity contribution in [2.24, 2.45) is 10.4 Å². The molecular formula is C15H28N4O2. The van der Waals surface area contributed by atoms with Crippen molar-refractivity contribution < 1.29 is 9.47 Å². The van der Waals surface area contributed by atoms with E-state index in [2.05, 4.69) is 20.1 Å². The molecule has 3 saturated heterocycles. The van der Waals surface area contributed by atoms with Gasteiger partial charge in [-0.2, -0.15) is 0 Å². The van der Waals surface area contributed by atoms with Gasteiger partial charge in [-0.05, 0) is 12.8 Å². The van der Waals surface area contributed by atoms with Gasteiger partial charge in [0.05, 0.1) is 19.8 Å². The lowest BCUT2D eigenvalue weighted by Gasteiger charge is -2.28. The molecule has 1 unspecified atom stereocenters. The number of nitrogens with one attached hydrogen (secondary N) is 1. The summed E-state index contributed by atoms with van der Waals surface area (Å²) in [5, 5.41) is 3.52. The lowest BCUT2D eigenvalue weighted by atomic mass is 9.87. The number of guanidine groups is 1. The molecule has 6 heteroatoms. The van der Waals surface area contributed by atoms with Crippen LogP contribution in [0.2, 0.25) is 0 Å². The van der Waals surface area contributed by atoms with Gasteiger partial charge < -0.3 is 19.7 Å². The van der Waals surface area contributed by atoms with Gasteiger partial charge in [-0.15, -0.1) is 0 Å². The Morgan fingerprint density at radius 3 is 2.71 bits per heavy atom. The van der Waals surface area contributed by atoms with E-state index in [1.807, 2.05) is 7.05 Å². The van der Waals surface area contributed by atoms with Gasteiger partial charge >= 0.3 is 0 Å². The van der Waals surface area contributed by atoms with Crippen molar-refractivity contribution in [3.8, 4) is 0 Å². The molecule has 1 N–H and O–H groups in total. The van der Waals surface area contributed by atoms with Crippen LogP contribution in [0, 0.1) is 5.41 Å². The molecule has 6 nitrogen and oxygen atoms in total. The summed E-state index contributed by atoms with van der Waals surface area (Å²) in [6.45, 7) is 9.87. The molecule has 0 saturated carbocycles. The largest absolute Gasteiger partial charge is 0.381 e. The van der Waals surface area contributed by atoms with Crippen molar-refractivity contribution in [1.29, 1.82) is 0 Å². The molecule has 0 bridgehead atoms. The molecule has 0 aromatic rings. The van der Waals surface area contributed by atoms with E-state index < -0.39 is 0 Å². The van der Waals surface area contributed by atoms with E-state index in [0.717, 1.165) is 71.7 Å². The summed E-state index contributed by atoms with van der Waals surface area (Å²) >= 11 is 0. The highest BCUT2D eigenvalue weighted by Crippen LogP contribution is 2.38. The fourth-order valence-corrected chi connectivity index (χ4v) is 3.57. The molecule has 0 aromatic heterocycles. The Morgan fingerprint density at radius 1 is 1.14 bits per heavy atom. The SMILES string of the molecule is CN=C(NCCN1CCOCC1)N1CCC2(CCOC2)C1. The second-order valence-electron chi connectivity index (χ2n) is 6.40. The Hall–Kier alpha value is -0.850. The average Bonchev–Trinajstić information content (AvgIpc) is 3.15. The minimum atomic E-state index is 0.391. The first kappa shape index (κ1) is 15.1. The van der Waals surface area contributed by atoms with Crippen LogP contribution in [0.25, 0.3) is 0 Å². The first-order chi connectivity index (χ1) is 10.3. The smallest absolute Gasteiger partial charge is 0.193 e. The second-order valence-corrected chi connectivity index (χ2v) is 6.40. The minimum Gasteiger partial charge on any atom is -0.381 e. The van der Waals surface area contributed by atoms with Crippen molar-refractivity contribution in [3.63, 3.8) is 0 Å². The highest BCUT2D eigenvalue weighted by molar-refractivity contribution is 5.80. The van der Waals surface area contributed by atoms with Gasteiger partial charge in [0.2, 0.25) is 0 Å². The molecule has 3 rings (SSSR count). The van der Waals surface area contributed by atoms with Crippen molar-refractivity contribution in [2.75, 3.05) is 72.7 Å². The van der Waals surface area contributed by atoms with Crippen LogP contribution in [0.5, 0.6) is 0 Å². The Balaban J connectivity index is 1.43. The van der Waals surface area contributed by atoms with Crippen LogP contribution in [0.1, 0.15) is 12.8 Å². The van der Waals surface area contributed by atoms with Crippen LogP contribution in [-0.2, 0) is 9.47 Å². The zero-order valence-corrected chi connectivity index (χ0v) is 13.1. The van der Waals surface area contributed by atoms with Gasteiger partial charge in [0.1, 0.15) is 0 Å². The van der Waals surface area contributed by atoms with Gasteiger partial charge in [-0.25, -0.2) is 0 Å². The van der Waals surface area contributed by atoms with Gasteiger partial charge in [0.25, 0.3) is 0 Å². The van der Waals surface area contributed by atoms with Crippen molar-refractivity contribution in [3.05, 3.63) is 0 Å². The number of hydrogen-bond acceptors (Lipinski definition) is 4. The van der Waals surface area contributed by atoms with Crippen molar-refractivity contribution >= 4 is 5.96 Å². The van der Waals surface area contributed by atoms with Crippen LogP contribution >= 0.6 is 0 Å². The molecule has 21 heavy (non-hydrogen) atoms. The Kier molecular flexibility index (Phi) is 4.98. The van der Waals surface area contributed by atoms with E-state index in [-0.39, 0.29) is 0 Å². The number of morpholine rings is 1. The summed E-state index contributed by atoms with van der Waals surface area (Å²) in [4.78, 5) is 9.30. The van der Waals surface area contributed by atoms with E-state index in [1.54, 1.807) is 0 Å². The monoisotopic (exact) mass is 296 g/mol. The van der Waals surface area contributed by atoms with Gasteiger partial charge in [0.15, 0.2) is 5.96 Å². The van der Waals surface area contributed by atoms with Crippen LogP contribution in [0.4, 0.5) is 0 Å². The molecule has 120 valence electrons. The van der Waals surface area contributed by atoms with Gasteiger partial charge in [-0.1, -0.05) is 0 Å². The van der Waals surface area contributed by atoms with E-state index >= 15 is 0 Å². The van der Waals surface area contributed by atoms with Crippen LogP contribution < -0.4 is 5.32 Å². The molecule has 0 aromatic carbocycles. The molecule has 0 aliphatic carbocycles. The fourth-order valence-electron chi connectivity index (χ4n) is 3.57. The van der Waals surface area contributed by atoms with Crippen LogP contribution in [0.15, 0.2) is 4.99 Å². The van der Waals surface area contributed by atoms with E-state index in [0.29, 0.717) is 5.41 Å². The predicted molar refractivity (Wildman–Crippen MR) is 82.7 cm³/mol. The number of hydrogen-bond donors (Lipinski definition) is 1. The molecule has 3 aliphatic heterocycles. The Bertz CT molecular complexity index is 363. The highest BCUT2D eigenvalue weighted by atomic mass is 16.5. The maximum Gasteiger partial charge on any atom is 0.193 e. The van der Waals surface area contributed by atoms with E-state index in [9.17, 15) is 0 Å². The third kappa shape index (κ3) is 3.67. The molecule has 1 spiro atoms.